The third-order valence-corrected chi connectivity index (χ3v) is 6.59. The Bertz CT molecular complexity index is 1330. The number of carbonyl (C=O) groups is 3. The number of hydrogen-bond acceptors (Lipinski definition) is 6. The van der Waals surface area contributed by atoms with Gasteiger partial charge in [-0.1, -0.05) is 30.3 Å². The molecule has 1 aliphatic rings. The molecule has 38 heavy (non-hydrogen) atoms. The minimum Gasteiger partial charge on any atom is -0.465 e. The van der Waals surface area contributed by atoms with E-state index in [0.717, 1.165) is 28.8 Å². The molecule has 0 radical (unpaired) electrons. The molecule has 0 N–H and O–H groups in total. The first-order valence-electron chi connectivity index (χ1n) is 12.9. The summed E-state index contributed by atoms with van der Waals surface area (Å²) in [5, 5.41) is 4.45. The lowest BCUT2D eigenvalue weighted by atomic mass is 9.91. The van der Waals surface area contributed by atoms with E-state index in [0.29, 0.717) is 24.0 Å². The van der Waals surface area contributed by atoms with Gasteiger partial charge in [0.05, 0.1) is 18.4 Å². The van der Waals surface area contributed by atoms with Crippen LogP contribution in [0.3, 0.4) is 0 Å². The number of aryl methyl sites for hydroxylation is 1. The van der Waals surface area contributed by atoms with Gasteiger partial charge in [0, 0.05) is 23.8 Å². The fraction of sp³-hybridized carbons (Fsp3) is 0.400. The van der Waals surface area contributed by atoms with Crippen molar-refractivity contribution >= 4 is 18.0 Å². The summed E-state index contributed by atoms with van der Waals surface area (Å²) in [7, 11) is 1.36. The largest absolute Gasteiger partial charge is 0.465 e. The first kappa shape index (κ1) is 27.1. The number of ether oxygens (including phenoxy) is 2. The Labute approximate surface area is 223 Å². The fourth-order valence-electron chi connectivity index (χ4n) is 4.91. The highest BCUT2D eigenvalue weighted by atomic mass is 16.6. The maximum atomic E-state index is 13.7. The number of aromatic nitrogens is 2. The maximum absolute atomic E-state index is 13.7. The Morgan fingerprint density at radius 3 is 2.37 bits per heavy atom. The van der Waals surface area contributed by atoms with E-state index in [4.69, 9.17) is 9.47 Å². The van der Waals surface area contributed by atoms with Gasteiger partial charge >= 0.3 is 12.1 Å². The summed E-state index contributed by atoms with van der Waals surface area (Å²) in [6.45, 7) is 9.49. The number of esters is 1. The minimum absolute atomic E-state index is 0.0188. The van der Waals surface area contributed by atoms with E-state index >= 15 is 0 Å². The number of rotatable bonds is 5. The Kier molecular flexibility index (Phi) is 7.71. The SMILES string of the molecule is COC(=O)c1ccccc1-c1ccc(C(=O)N(C(C)C)C2CCc3nn(C(=O)OC(C)(C)C)cc3C2)cc1. The van der Waals surface area contributed by atoms with Gasteiger partial charge in [0.2, 0.25) is 0 Å². The standard InChI is InChI=1S/C30H35N3O5/c1-19(2)33(23-15-16-26-22(17-23)18-32(31-26)29(36)38-30(3,4)5)27(34)21-13-11-20(12-14-21)24-9-7-8-10-25(24)28(35)37-6/h7-14,18-19,23H,15-17H2,1-6H3. The summed E-state index contributed by atoms with van der Waals surface area (Å²) < 4.78 is 11.6. The summed E-state index contributed by atoms with van der Waals surface area (Å²) in [4.78, 5) is 40.3. The molecule has 0 bridgehead atoms. The highest BCUT2D eigenvalue weighted by molar-refractivity contribution is 5.98. The van der Waals surface area contributed by atoms with Crippen LogP contribution in [0.4, 0.5) is 4.79 Å². The van der Waals surface area contributed by atoms with Gasteiger partial charge in [-0.2, -0.15) is 9.78 Å². The van der Waals surface area contributed by atoms with E-state index in [2.05, 4.69) is 5.10 Å². The van der Waals surface area contributed by atoms with Gasteiger partial charge in [-0.15, -0.1) is 0 Å². The number of carbonyl (C=O) groups excluding carboxylic acids is 3. The van der Waals surface area contributed by atoms with Crippen molar-refractivity contribution in [2.45, 2.75) is 71.6 Å². The number of amides is 1. The van der Waals surface area contributed by atoms with E-state index in [1.54, 1.807) is 30.5 Å². The lowest BCUT2D eigenvalue weighted by Gasteiger charge is -2.37. The Hall–Kier alpha value is -3.94. The van der Waals surface area contributed by atoms with Crippen LogP contribution < -0.4 is 0 Å². The van der Waals surface area contributed by atoms with Crippen LogP contribution in [0, 0.1) is 0 Å². The van der Waals surface area contributed by atoms with Crippen LogP contribution in [-0.2, 0) is 22.3 Å². The van der Waals surface area contributed by atoms with Crippen LogP contribution in [0.2, 0.25) is 0 Å². The molecule has 0 aliphatic heterocycles. The van der Waals surface area contributed by atoms with E-state index in [9.17, 15) is 14.4 Å². The van der Waals surface area contributed by atoms with Crippen molar-refractivity contribution in [2.24, 2.45) is 0 Å². The molecule has 0 fully saturated rings. The molecular formula is C30H35N3O5. The number of methoxy groups -OCH3 is 1. The molecule has 1 unspecified atom stereocenters. The normalized spacial score (nSPS) is 15.1. The molecular weight excluding hydrogens is 482 g/mol. The molecule has 4 rings (SSSR count). The monoisotopic (exact) mass is 517 g/mol. The molecule has 1 atom stereocenters. The molecule has 1 heterocycles. The molecule has 0 saturated carbocycles. The molecule has 1 amide bonds. The molecule has 1 aromatic heterocycles. The van der Waals surface area contributed by atoms with E-state index in [1.165, 1.54) is 11.8 Å². The average Bonchev–Trinajstić information content (AvgIpc) is 3.31. The second-order valence-electron chi connectivity index (χ2n) is 10.8. The van der Waals surface area contributed by atoms with Crippen molar-refractivity contribution in [3.63, 3.8) is 0 Å². The topological polar surface area (TPSA) is 90.7 Å². The minimum atomic E-state index is -0.607. The molecule has 2 aromatic carbocycles. The van der Waals surface area contributed by atoms with Crippen molar-refractivity contribution < 1.29 is 23.9 Å². The molecule has 1 aliphatic carbocycles. The lowest BCUT2D eigenvalue weighted by molar-refractivity contribution is 0.0512. The zero-order chi connectivity index (χ0) is 27.6. The fourth-order valence-corrected chi connectivity index (χ4v) is 4.91. The van der Waals surface area contributed by atoms with Gasteiger partial charge < -0.3 is 14.4 Å². The zero-order valence-corrected chi connectivity index (χ0v) is 22.9. The quantitative estimate of drug-likeness (QED) is 0.414. The van der Waals surface area contributed by atoms with E-state index in [-0.39, 0.29) is 18.0 Å². The Balaban J connectivity index is 1.54. The van der Waals surface area contributed by atoms with Gasteiger partial charge in [-0.25, -0.2) is 9.59 Å². The van der Waals surface area contributed by atoms with Crippen LogP contribution in [0.5, 0.6) is 0 Å². The highest BCUT2D eigenvalue weighted by Crippen LogP contribution is 2.29. The van der Waals surface area contributed by atoms with Crippen molar-refractivity contribution in [3.8, 4) is 11.1 Å². The summed E-state index contributed by atoms with van der Waals surface area (Å²) in [6.07, 6.45) is 3.27. The van der Waals surface area contributed by atoms with Gasteiger partial charge in [0.25, 0.3) is 5.91 Å². The molecule has 0 saturated heterocycles. The first-order valence-corrected chi connectivity index (χ1v) is 12.9. The number of fused-ring (bicyclic) bond motifs is 1. The Morgan fingerprint density at radius 1 is 1.05 bits per heavy atom. The summed E-state index contributed by atoms with van der Waals surface area (Å²) in [6, 6.07) is 14.5. The maximum Gasteiger partial charge on any atom is 0.435 e. The van der Waals surface area contributed by atoms with E-state index < -0.39 is 17.7 Å². The molecule has 3 aromatic rings. The van der Waals surface area contributed by atoms with Crippen molar-refractivity contribution in [1.82, 2.24) is 14.7 Å². The predicted molar refractivity (Wildman–Crippen MR) is 144 cm³/mol. The second-order valence-corrected chi connectivity index (χ2v) is 10.8. The lowest BCUT2D eigenvalue weighted by Crippen LogP contribution is -2.47. The van der Waals surface area contributed by atoms with E-state index in [1.807, 2.05) is 63.8 Å². The third kappa shape index (κ3) is 5.79. The number of hydrogen-bond donors (Lipinski definition) is 0. The first-order chi connectivity index (χ1) is 18.0. The number of nitrogens with zero attached hydrogens (tertiary/aromatic N) is 3. The van der Waals surface area contributed by atoms with Gasteiger partial charge in [0.15, 0.2) is 0 Å². The molecule has 0 spiro atoms. The summed E-state index contributed by atoms with van der Waals surface area (Å²) >= 11 is 0. The van der Waals surface area contributed by atoms with Crippen molar-refractivity contribution in [2.75, 3.05) is 7.11 Å². The summed E-state index contributed by atoms with van der Waals surface area (Å²) in [5.41, 5.74) is 3.86. The van der Waals surface area contributed by atoms with Crippen molar-refractivity contribution in [3.05, 3.63) is 77.1 Å². The highest BCUT2D eigenvalue weighted by Gasteiger charge is 2.32. The van der Waals surface area contributed by atoms with Gasteiger partial charge in [-0.3, -0.25) is 4.79 Å². The van der Waals surface area contributed by atoms with Crippen LogP contribution in [0.1, 0.15) is 73.0 Å². The number of benzene rings is 2. The van der Waals surface area contributed by atoms with Crippen LogP contribution in [-0.4, -0.2) is 57.4 Å². The third-order valence-electron chi connectivity index (χ3n) is 6.59. The average molecular weight is 518 g/mol. The van der Waals surface area contributed by atoms with Crippen LogP contribution in [0.25, 0.3) is 11.1 Å². The smallest absolute Gasteiger partial charge is 0.435 e. The van der Waals surface area contributed by atoms with Crippen LogP contribution >= 0.6 is 0 Å². The summed E-state index contributed by atoms with van der Waals surface area (Å²) in [5.74, 6) is -0.459. The Morgan fingerprint density at radius 2 is 1.74 bits per heavy atom. The second kappa shape index (κ2) is 10.8. The molecule has 8 nitrogen and oxygen atoms in total. The van der Waals surface area contributed by atoms with Gasteiger partial charge in [0.1, 0.15) is 5.60 Å². The molecule has 8 heteroatoms. The van der Waals surface area contributed by atoms with Gasteiger partial charge in [-0.05, 0) is 88.8 Å². The van der Waals surface area contributed by atoms with Crippen molar-refractivity contribution in [1.29, 1.82) is 0 Å². The zero-order valence-electron chi connectivity index (χ0n) is 22.9. The molecule has 200 valence electrons. The van der Waals surface area contributed by atoms with Crippen LogP contribution in [0.15, 0.2) is 54.7 Å². The predicted octanol–water partition coefficient (Wildman–Crippen LogP) is 5.53.